The lowest BCUT2D eigenvalue weighted by molar-refractivity contribution is -0.137. The van der Waals surface area contributed by atoms with Crippen LogP contribution in [0.25, 0.3) is 0 Å². The molecule has 4 nitrogen and oxygen atoms in total. The van der Waals surface area contributed by atoms with E-state index in [1.807, 2.05) is 0 Å². The molecule has 0 radical (unpaired) electrons. The average molecular weight is 300 g/mol. The maximum Gasteiger partial charge on any atom is 0.418 e. The highest BCUT2D eigenvalue weighted by molar-refractivity contribution is 6.22. The molecular formula is C14H15F3N2O2. The van der Waals surface area contributed by atoms with Crippen molar-refractivity contribution in [2.24, 2.45) is 17.6 Å². The molecule has 2 rings (SSSR count). The second-order valence-electron chi connectivity index (χ2n) is 5.14. The van der Waals surface area contributed by atoms with Gasteiger partial charge in [0.2, 0.25) is 11.8 Å². The average Bonchev–Trinajstić information content (AvgIpc) is 2.61. The van der Waals surface area contributed by atoms with Gasteiger partial charge in [-0.2, -0.15) is 13.2 Å². The van der Waals surface area contributed by atoms with E-state index in [2.05, 4.69) is 0 Å². The number of amides is 2. The van der Waals surface area contributed by atoms with Crippen LogP contribution in [0.3, 0.4) is 0 Å². The molecule has 2 unspecified atom stereocenters. The molecule has 2 N–H and O–H groups in total. The molecule has 1 aromatic rings. The predicted octanol–water partition coefficient (Wildman–Crippen LogP) is 2.31. The van der Waals surface area contributed by atoms with Gasteiger partial charge in [-0.05, 0) is 17.7 Å². The van der Waals surface area contributed by atoms with Crippen molar-refractivity contribution < 1.29 is 22.8 Å². The molecule has 2 atom stereocenters. The zero-order valence-electron chi connectivity index (χ0n) is 11.6. The lowest BCUT2D eigenvalue weighted by atomic mass is 10.00. The summed E-state index contributed by atoms with van der Waals surface area (Å²) in [5.74, 6) is -2.49. The smallest absolute Gasteiger partial charge is 0.326 e. The number of anilines is 1. The van der Waals surface area contributed by atoms with Gasteiger partial charge in [-0.15, -0.1) is 0 Å². The molecule has 114 valence electrons. The Bertz CT molecular complexity index is 578. The summed E-state index contributed by atoms with van der Waals surface area (Å²) in [5, 5.41) is 0. The molecular weight excluding hydrogens is 285 g/mol. The molecule has 0 aromatic heterocycles. The lowest BCUT2D eigenvalue weighted by Crippen LogP contribution is -2.32. The van der Waals surface area contributed by atoms with Gasteiger partial charge >= 0.3 is 6.18 Å². The number of hydrogen-bond donors (Lipinski definition) is 1. The summed E-state index contributed by atoms with van der Waals surface area (Å²) in [6.45, 7) is 3.01. The van der Waals surface area contributed by atoms with Crippen LogP contribution in [0, 0.1) is 11.8 Å². The molecule has 1 aromatic carbocycles. The van der Waals surface area contributed by atoms with Crippen LogP contribution in [0.15, 0.2) is 18.2 Å². The third-order valence-corrected chi connectivity index (χ3v) is 3.81. The summed E-state index contributed by atoms with van der Waals surface area (Å²) in [6.07, 6.45) is -4.67. The van der Waals surface area contributed by atoms with E-state index in [-0.39, 0.29) is 12.1 Å². The number of rotatable bonds is 2. The molecule has 1 fully saturated rings. The van der Waals surface area contributed by atoms with Gasteiger partial charge in [0.15, 0.2) is 0 Å². The van der Waals surface area contributed by atoms with E-state index >= 15 is 0 Å². The monoisotopic (exact) mass is 300 g/mol. The minimum Gasteiger partial charge on any atom is -0.326 e. The van der Waals surface area contributed by atoms with Crippen molar-refractivity contribution in [2.45, 2.75) is 26.6 Å². The normalized spacial score (nSPS) is 23.0. The summed E-state index contributed by atoms with van der Waals surface area (Å²) in [5.41, 5.74) is 4.19. The fraction of sp³-hybridized carbons (Fsp3) is 0.429. The summed E-state index contributed by atoms with van der Waals surface area (Å²) in [4.78, 5) is 24.8. The Kier molecular flexibility index (Phi) is 3.79. The van der Waals surface area contributed by atoms with Gasteiger partial charge in [-0.1, -0.05) is 19.9 Å². The zero-order chi connectivity index (χ0) is 15.9. The van der Waals surface area contributed by atoms with E-state index in [0.717, 1.165) is 12.1 Å². The van der Waals surface area contributed by atoms with Gasteiger partial charge in [0.25, 0.3) is 0 Å². The van der Waals surface area contributed by atoms with E-state index in [1.54, 1.807) is 0 Å². The molecule has 0 spiro atoms. The molecule has 0 saturated carbocycles. The van der Waals surface area contributed by atoms with Crippen LogP contribution in [0.5, 0.6) is 0 Å². The fourth-order valence-electron chi connectivity index (χ4n) is 2.31. The van der Waals surface area contributed by atoms with Crippen LogP contribution >= 0.6 is 0 Å². The van der Waals surface area contributed by atoms with Gasteiger partial charge in [-0.25, -0.2) is 4.90 Å². The van der Waals surface area contributed by atoms with Gasteiger partial charge in [0.1, 0.15) is 0 Å². The molecule has 1 aliphatic rings. The zero-order valence-corrected chi connectivity index (χ0v) is 11.6. The third-order valence-electron chi connectivity index (χ3n) is 3.81. The van der Waals surface area contributed by atoms with Crippen molar-refractivity contribution in [2.75, 3.05) is 4.90 Å². The van der Waals surface area contributed by atoms with Gasteiger partial charge in [0, 0.05) is 18.4 Å². The van der Waals surface area contributed by atoms with E-state index in [4.69, 9.17) is 5.73 Å². The number of imide groups is 1. The van der Waals surface area contributed by atoms with Crippen molar-refractivity contribution in [1.29, 1.82) is 0 Å². The number of alkyl halides is 3. The number of nitrogens with two attached hydrogens (primary N) is 1. The molecule has 7 heteroatoms. The Hall–Kier alpha value is -1.89. The van der Waals surface area contributed by atoms with Crippen molar-refractivity contribution in [3.63, 3.8) is 0 Å². The standard InChI is InChI=1S/C14H15F3N2O2/c1-7-8(2)13(21)19(12(7)20)11-4-3-9(6-18)5-10(11)14(15,16)17/h3-5,7-8H,6,18H2,1-2H3. The van der Waals surface area contributed by atoms with Crippen LogP contribution in [-0.4, -0.2) is 11.8 Å². The lowest BCUT2D eigenvalue weighted by Gasteiger charge is -2.21. The van der Waals surface area contributed by atoms with Gasteiger partial charge < -0.3 is 5.73 Å². The van der Waals surface area contributed by atoms with Gasteiger partial charge in [-0.3, -0.25) is 9.59 Å². The van der Waals surface area contributed by atoms with Crippen LogP contribution in [0.4, 0.5) is 18.9 Å². The fourth-order valence-corrected chi connectivity index (χ4v) is 2.31. The second kappa shape index (κ2) is 5.14. The minimum absolute atomic E-state index is 0.0575. The molecule has 1 saturated heterocycles. The maximum atomic E-state index is 13.2. The second-order valence-corrected chi connectivity index (χ2v) is 5.14. The number of hydrogen-bond acceptors (Lipinski definition) is 3. The molecule has 2 amide bonds. The first kappa shape index (κ1) is 15.5. The summed E-state index contributed by atoms with van der Waals surface area (Å²) < 4.78 is 39.5. The highest BCUT2D eigenvalue weighted by atomic mass is 19.4. The summed E-state index contributed by atoms with van der Waals surface area (Å²) in [6, 6.07) is 3.40. The molecule has 1 heterocycles. The number of nitrogens with zero attached hydrogens (tertiary/aromatic N) is 1. The Morgan fingerprint density at radius 2 is 1.67 bits per heavy atom. The van der Waals surface area contributed by atoms with Crippen LogP contribution in [0.1, 0.15) is 25.0 Å². The van der Waals surface area contributed by atoms with Crippen molar-refractivity contribution in [3.05, 3.63) is 29.3 Å². The summed E-state index contributed by atoms with van der Waals surface area (Å²) >= 11 is 0. The minimum atomic E-state index is -4.67. The van der Waals surface area contributed by atoms with Crippen molar-refractivity contribution in [1.82, 2.24) is 0 Å². The highest BCUT2D eigenvalue weighted by Gasteiger charge is 2.46. The number of benzene rings is 1. The quantitative estimate of drug-likeness (QED) is 0.852. The third kappa shape index (κ3) is 2.53. The van der Waals surface area contributed by atoms with Crippen molar-refractivity contribution >= 4 is 17.5 Å². The molecule has 0 bridgehead atoms. The van der Waals surface area contributed by atoms with Crippen molar-refractivity contribution in [3.8, 4) is 0 Å². The molecule has 0 aliphatic carbocycles. The largest absolute Gasteiger partial charge is 0.418 e. The van der Waals surface area contributed by atoms with E-state index in [1.165, 1.54) is 19.9 Å². The Labute approximate surface area is 119 Å². The van der Waals surface area contributed by atoms with Crippen LogP contribution in [0.2, 0.25) is 0 Å². The van der Waals surface area contributed by atoms with Gasteiger partial charge in [0.05, 0.1) is 11.3 Å². The van der Waals surface area contributed by atoms with Crippen LogP contribution < -0.4 is 10.6 Å². The number of carbonyl (C=O) groups is 2. The maximum absolute atomic E-state index is 13.2. The highest BCUT2D eigenvalue weighted by Crippen LogP contribution is 2.40. The Balaban J connectivity index is 2.59. The van der Waals surface area contributed by atoms with E-state index in [9.17, 15) is 22.8 Å². The first-order chi connectivity index (χ1) is 9.68. The first-order valence-electron chi connectivity index (χ1n) is 6.46. The number of halogens is 3. The topological polar surface area (TPSA) is 63.4 Å². The first-order valence-corrected chi connectivity index (χ1v) is 6.46. The summed E-state index contributed by atoms with van der Waals surface area (Å²) in [7, 11) is 0. The van der Waals surface area contributed by atoms with E-state index < -0.39 is 41.1 Å². The Morgan fingerprint density at radius 1 is 1.14 bits per heavy atom. The SMILES string of the molecule is CC1C(=O)N(c2ccc(CN)cc2C(F)(F)F)C(=O)C1C. The number of carbonyl (C=O) groups excluding carboxylic acids is 2. The predicted molar refractivity (Wildman–Crippen MR) is 70.2 cm³/mol. The Morgan fingerprint density at radius 3 is 2.10 bits per heavy atom. The van der Waals surface area contributed by atoms with E-state index in [0.29, 0.717) is 4.90 Å². The molecule has 21 heavy (non-hydrogen) atoms. The van der Waals surface area contributed by atoms with Crippen LogP contribution in [-0.2, 0) is 22.3 Å². The molecule has 1 aliphatic heterocycles.